The van der Waals surface area contributed by atoms with Crippen molar-refractivity contribution in [2.24, 2.45) is 0 Å². The average Bonchev–Trinajstić information content (AvgIpc) is 2.50. The molecular weight excluding hydrogens is 264 g/mol. The van der Waals surface area contributed by atoms with Gasteiger partial charge in [-0.2, -0.15) is 0 Å². The molecule has 0 fully saturated rings. The van der Waals surface area contributed by atoms with Crippen LogP contribution in [-0.4, -0.2) is 0 Å². The Hall–Kier alpha value is -1.56. The third-order valence-corrected chi connectivity index (χ3v) is 4.06. The molecule has 0 saturated heterocycles. The molecule has 0 aromatic heterocycles. The number of aryl methyl sites for hydroxylation is 3. The highest BCUT2D eigenvalue weighted by atomic mass is 14.2. The average molecular weight is 303 g/mol. The van der Waals surface area contributed by atoms with Crippen LogP contribution < -0.4 is 0 Å². The van der Waals surface area contributed by atoms with Crippen LogP contribution in [0.15, 0.2) is 24.3 Å². The zero-order chi connectivity index (χ0) is 23.4. The van der Waals surface area contributed by atoms with E-state index < -0.39 is 25.5 Å². The third kappa shape index (κ3) is 3.11. The highest BCUT2D eigenvalue weighted by Gasteiger charge is 2.15. The molecule has 2 aromatic rings. The molecule has 0 radical (unpaired) electrons. The van der Waals surface area contributed by atoms with Gasteiger partial charge in [0.25, 0.3) is 0 Å². The Labute approximate surface area is 147 Å². The minimum absolute atomic E-state index is 0.0278. The van der Waals surface area contributed by atoms with E-state index in [1.807, 2.05) is 6.92 Å². The third-order valence-electron chi connectivity index (χ3n) is 4.06. The molecule has 0 aliphatic heterocycles. The highest BCUT2D eigenvalue weighted by Crippen LogP contribution is 2.35. The summed E-state index contributed by atoms with van der Waals surface area (Å²) in [6.45, 7) is 5.41. The maximum Gasteiger partial charge on any atom is 0.0347 e. The largest absolute Gasteiger partial charge is 0.0587 e. The molecule has 0 heterocycles. The first kappa shape index (κ1) is 8.91. The summed E-state index contributed by atoms with van der Waals surface area (Å²) in [5.41, 5.74) is 3.15. The predicted molar refractivity (Wildman–Crippen MR) is 99.0 cm³/mol. The van der Waals surface area contributed by atoms with Gasteiger partial charge in [-0.25, -0.2) is 0 Å². The van der Waals surface area contributed by atoms with Gasteiger partial charge in [-0.05, 0) is 78.3 Å². The van der Waals surface area contributed by atoms with Crippen molar-refractivity contribution in [3.8, 4) is 11.1 Å². The topological polar surface area (TPSA) is 0 Å². The van der Waals surface area contributed by atoms with Gasteiger partial charge in [0.1, 0.15) is 0 Å². The summed E-state index contributed by atoms with van der Waals surface area (Å²) < 4.78 is 65.3. The quantitative estimate of drug-likeness (QED) is 0.582. The first-order valence-corrected chi connectivity index (χ1v) is 7.56. The molecule has 0 saturated carbocycles. The Morgan fingerprint density at radius 1 is 0.818 bits per heavy atom. The van der Waals surface area contributed by atoms with Crippen LogP contribution in [0.25, 0.3) is 11.1 Å². The lowest BCUT2D eigenvalue weighted by Gasteiger charge is -2.21. The van der Waals surface area contributed by atoms with Crippen LogP contribution in [-0.2, 0) is 0 Å². The van der Waals surface area contributed by atoms with Gasteiger partial charge in [0.05, 0.1) is 0 Å². The normalized spacial score (nSPS) is 19.0. The van der Waals surface area contributed by atoms with Crippen LogP contribution in [0.2, 0.25) is 0 Å². The predicted octanol–water partition coefficient (Wildman–Crippen LogP) is 6.83. The molecule has 0 spiro atoms. The molecule has 0 aliphatic rings. The summed E-state index contributed by atoms with van der Waals surface area (Å²) in [5, 5.41) is 0. The van der Waals surface area contributed by atoms with E-state index >= 15 is 0 Å². The number of hydrogen-bond donors (Lipinski definition) is 0. The second-order valence-corrected chi connectivity index (χ2v) is 6.43. The fourth-order valence-corrected chi connectivity index (χ4v) is 2.99. The lowest BCUT2D eigenvalue weighted by atomic mass is 9.84. The van der Waals surface area contributed by atoms with E-state index in [0.717, 1.165) is 5.56 Å². The molecule has 118 valence electrons. The van der Waals surface area contributed by atoms with Crippen molar-refractivity contribution in [3.63, 3.8) is 0 Å². The Balaban J connectivity index is 3.11. The summed E-state index contributed by atoms with van der Waals surface area (Å²) in [6, 6.07) is 6.45. The van der Waals surface area contributed by atoms with Crippen LogP contribution in [0, 0.1) is 27.6 Å². The maximum absolute atomic E-state index is 8.58. The molecule has 0 bridgehead atoms. The summed E-state index contributed by atoms with van der Waals surface area (Å²) in [6.07, 6.45) is 0. The Bertz CT molecular complexity index is 881. The first-order valence-electron chi connectivity index (χ1n) is 11.6. The van der Waals surface area contributed by atoms with Gasteiger partial charge >= 0.3 is 0 Å². The van der Waals surface area contributed by atoms with Crippen LogP contribution in [0.4, 0.5) is 0 Å². The summed E-state index contributed by atoms with van der Waals surface area (Å²) in [4.78, 5) is 0. The van der Waals surface area contributed by atoms with Crippen LogP contribution in [0.1, 0.15) is 83.8 Å². The van der Waals surface area contributed by atoms with Crippen LogP contribution in [0.3, 0.4) is 0 Å². The van der Waals surface area contributed by atoms with Gasteiger partial charge in [-0.1, -0.05) is 57.5 Å². The van der Waals surface area contributed by atoms with Gasteiger partial charge in [-0.15, -0.1) is 0 Å². The minimum Gasteiger partial charge on any atom is -0.0587 e. The summed E-state index contributed by atoms with van der Waals surface area (Å²) in [5.74, 6) is -2.02. The van der Waals surface area contributed by atoms with Crippen molar-refractivity contribution in [1.29, 1.82) is 0 Å². The van der Waals surface area contributed by atoms with Crippen molar-refractivity contribution >= 4 is 0 Å². The van der Waals surface area contributed by atoms with Gasteiger partial charge in [0, 0.05) is 11.0 Å². The molecular formula is C22H30. The molecule has 0 unspecified atom stereocenters. The smallest absolute Gasteiger partial charge is 0.0347 e. The van der Waals surface area contributed by atoms with Crippen molar-refractivity contribution in [2.45, 2.75) is 67.0 Å². The SMILES string of the molecule is [2H]C([2H])([2H])c1cc(C)cc(C([2H])([2H])[2H])c1-c1cc(C([2H])(C)C)c(C)c(C([2H])(C)C)c1. The fourth-order valence-electron chi connectivity index (χ4n) is 2.99. The lowest BCUT2D eigenvalue weighted by Crippen LogP contribution is -2.02. The van der Waals surface area contributed by atoms with Gasteiger partial charge in [0.15, 0.2) is 0 Å². The Morgan fingerprint density at radius 3 is 1.64 bits per heavy atom. The molecule has 0 amide bonds. The second-order valence-electron chi connectivity index (χ2n) is 6.43. The van der Waals surface area contributed by atoms with Crippen molar-refractivity contribution in [3.05, 3.63) is 57.6 Å². The zero-order valence-corrected chi connectivity index (χ0v) is 14.3. The van der Waals surface area contributed by atoms with E-state index in [-0.39, 0.29) is 16.7 Å². The molecule has 0 nitrogen and oxygen atoms in total. The molecule has 0 aliphatic carbocycles. The number of rotatable bonds is 3. The maximum atomic E-state index is 8.58. The second kappa shape index (κ2) is 6.28. The molecule has 2 rings (SSSR count). The van der Waals surface area contributed by atoms with Crippen LogP contribution in [0.5, 0.6) is 0 Å². The van der Waals surface area contributed by atoms with Crippen molar-refractivity contribution in [2.75, 3.05) is 0 Å². The fraction of sp³-hybridized carbons (Fsp3) is 0.455. The van der Waals surface area contributed by atoms with E-state index in [0.29, 0.717) is 22.3 Å². The standard InChI is InChI=1S/C22H30/c1-13(2)20-11-19(12-21(14(3)4)18(20)8)22-16(6)9-15(5)10-17(22)7/h9-14H,1-8H3/i6D3,7D3,13D,14D. The molecule has 0 heteroatoms. The monoisotopic (exact) mass is 302 g/mol. The van der Waals surface area contributed by atoms with E-state index in [1.165, 1.54) is 12.1 Å². The Morgan fingerprint density at radius 2 is 1.27 bits per heavy atom. The first-order chi connectivity index (χ1) is 13.2. The molecule has 22 heavy (non-hydrogen) atoms. The lowest BCUT2D eigenvalue weighted by molar-refractivity contribution is 0.818. The minimum atomic E-state index is -2.51. The Kier molecular flexibility index (Phi) is 2.54. The number of benzene rings is 2. The van der Waals surface area contributed by atoms with Crippen molar-refractivity contribution in [1.82, 2.24) is 0 Å². The molecule has 0 atom stereocenters. The summed E-state index contributed by atoms with van der Waals surface area (Å²) in [7, 11) is 0. The highest BCUT2D eigenvalue weighted by molar-refractivity contribution is 5.73. The zero-order valence-electron chi connectivity index (χ0n) is 22.3. The number of hydrogen-bond acceptors (Lipinski definition) is 0. The van der Waals surface area contributed by atoms with Gasteiger partial charge in [0.2, 0.25) is 0 Å². The van der Waals surface area contributed by atoms with Gasteiger partial charge in [-0.3, -0.25) is 0 Å². The van der Waals surface area contributed by atoms with E-state index in [9.17, 15) is 0 Å². The van der Waals surface area contributed by atoms with Gasteiger partial charge < -0.3 is 0 Å². The van der Waals surface area contributed by atoms with E-state index in [4.69, 9.17) is 11.0 Å². The van der Waals surface area contributed by atoms with E-state index in [2.05, 4.69) is 0 Å². The van der Waals surface area contributed by atoms with E-state index in [1.54, 1.807) is 46.8 Å². The molecule has 0 N–H and O–H groups in total. The molecule has 2 aromatic carbocycles. The summed E-state index contributed by atoms with van der Waals surface area (Å²) >= 11 is 0. The van der Waals surface area contributed by atoms with Crippen LogP contribution >= 0.6 is 0 Å². The van der Waals surface area contributed by atoms with Crippen molar-refractivity contribution < 1.29 is 11.0 Å².